The van der Waals surface area contributed by atoms with Gasteiger partial charge in [-0.1, -0.05) is 6.07 Å². The van der Waals surface area contributed by atoms with Crippen LogP contribution < -0.4 is 5.73 Å². The molecule has 1 aliphatic rings. The van der Waals surface area contributed by atoms with Crippen molar-refractivity contribution in [2.45, 2.75) is 31.2 Å². The summed E-state index contributed by atoms with van der Waals surface area (Å²) in [5, 5.41) is 2.03. The fraction of sp³-hybridized carbons (Fsp3) is 0.583. The maximum Gasteiger partial charge on any atom is 0.153 e. The smallest absolute Gasteiger partial charge is 0.153 e. The molecule has 0 aliphatic carbocycles. The van der Waals surface area contributed by atoms with E-state index >= 15 is 0 Å². The van der Waals surface area contributed by atoms with Crippen molar-refractivity contribution in [2.24, 2.45) is 5.73 Å². The molecular formula is C12H17NO2S. The summed E-state index contributed by atoms with van der Waals surface area (Å²) in [5.74, 6) is 0.184. The molecule has 0 spiro atoms. The summed E-state index contributed by atoms with van der Waals surface area (Å²) in [6.07, 6.45) is 2.69. The first-order valence-corrected chi connectivity index (χ1v) is 6.51. The normalized spacial score (nSPS) is 19.6. The minimum atomic E-state index is -0.629. The molecule has 0 amide bonds. The van der Waals surface area contributed by atoms with Crippen molar-refractivity contribution in [2.75, 3.05) is 13.2 Å². The summed E-state index contributed by atoms with van der Waals surface area (Å²) in [4.78, 5) is 13.3. The molecule has 1 saturated heterocycles. The van der Waals surface area contributed by atoms with E-state index in [0.717, 1.165) is 6.42 Å². The fourth-order valence-electron chi connectivity index (χ4n) is 1.95. The Morgan fingerprint density at radius 1 is 1.50 bits per heavy atom. The zero-order chi connectivity index (χ0) is 11.4. The zero-order valence-corrected chi connectivity index (χ0v) is 10.1. The molecule has 0 bridgehead atoms. The highest BCUT2D eigenvalue weighted by molar-refractivity contribution is 7.09. The second-order valence-corrected chi connectivity index (χ2v) is 5.30. The number of aryl methyl sites for hydroxylation is 1. The van der Waals surface area contributed by atoms with E-state index in [0.29, 0.717) is 32.5 Å². The number of hydrogen-bond donors (Lipinski definition) is 1. The predicted molar refractivity (Wildman–Crippen MR) is 64.6 cm³/mol. The first-order chi connectivity index (χ1) is 7.71. The highest BCUT2D eigenvalue weighted by Gasteiger charge is 2.34. The van der Waals surface area contributed by atoms with Gasteiger partial charge in [-0.25, -0.2) is 0 Å². The Kier molecular flexibility index (Phi) is 3.74. The summed E-state index contributed by atoms with van der Waals surface area (Å²) < 4.78 is 5.24. The van der Waals surface area contributed by atoms with Crippen LogP contribution in [0.4, 0.5) is 0 Å². The Morgan fingerprint density at radius 3 is 2.88 bits per heavy atom. The lowest BCUT2D eigenvalue weighted by atomic mass is 9.85. The van der Waals surface area contributed by atoms with Gasteiger partial charge >= 0.3 is 0 Å². The van der Waals surface area contributed by atoms with Crippen molar-refractivity contribution >= 4 is 17.1 Å². The van der Waals surface area contributed by atoms with Gasteiger partial charge in [0.05, 0.1) is 5.54 Å². The monoisotopic (exact) mass is 239 g/mol. The Bertz CT molecular complexity index is 342. The van der Waals surface area contributed by atoms with E-state index in [1.807, 2.05) is 11.4 Å². The molecule has 1 aromatic heterocycles. The number of carbonyl (C=O) groups excluding carboxylic acids is 1. The number of carbonyl (C=O) groups is 1. The standard InChI is InChI=1S/C12H17NO2S/c13-12(5-7-15-8-6-12)11(14)4-3-10-2-1-9-16-10/h1-2,9H,3-8,13H2. The molecule has 0 radical (unpaired) electrons. The number of rotatable bonds is 4. The van der Waals surface area contributed by atoms with Crippen molar-refractivity contribution in [3.63, 3.8) is 0 Å². The zero-order valence-electron chi connectivity index (χ0n) is 9.28. The highest BCUT2D eigenvalue weighted by Crippen LogP contribution is 2.21. The third-order valence-corrected chi connectivity index (χ3v) is 4.06. The number of hydrogen-bond acceptors (Lipinski definition) is 4. The Morgan fingerprint density at radius 2 is 2.25 bits per heavy atom. The third kappa shape index (κ3) is 2.70. The van der Waals surface area contributed by atoms with Crippen LogP contribution in [-0.4, -0.2) is 24.5 Å². The van der Waals surface area contributed by atoms with Crippen molar-refractivity contribution in [1.29, 1.82) is 0 Å². The lowest BCUT2D eigenvalue weighted by Gasteiger charge is -2.31. The molecule has 16 heavy (non-hydrogen) atoms. The minimum absolute atomic E-state index is 0.184. The quantitative estimate of drug-likeness (QED) is 0.871. The molecule has 0 atom stereocenters. The molecule has 0 unspecified atom stereocenters. The van der Waals surface area contributed by atoms with Gasteiger partial charge in [0.25, 0.3) is 0 Å². The molecule has 3 nitrogen and oxygen atoms in total. The molecule has 0 aromatic carbocycles. The summed E-state index contributed by atoms with van der Waals surface area (Å²) in [5.41, 5.74) is 5.49. The minimum Gasteiger partial charge on any atom is -0.381 e. The molecule has 2 heterocycles. The number of nitrogens with two attached hydrogens (primary N) is 1. The van der Waals surface area contributed by atoms with Crippen LogP contribution in [0.15, 0.2) is 17.5 Å². The van der Waals surface area contributed by atoms with E-state index in [2.05, 4.69) is 6.07 Å². The molecule has 2 rings (SSSR count). The topological polar surface area (TPSA) is 52.3 Å². The predicted octanol–water partition coefficient (Wildman–Crippen LogP) is 1.76. The summed E-state index contributed by atoms with van der Waals surface area (Å²) in [6.45, 7) is 1.22. The van der Waals surface area contributed by atoms with E-state index in [4.69, 9.17) is 10.5 Å². The molecule has 2 N–H and O–H groups in total. The maximum atomic E-state index is 12.0. The molecule has 0 saturated carbocycles. The van der Waals surface area contributed by atoms with Crippen LogP contribution in [0.5, 0.6) is 0 Å². The van der Waals surface area contributed by atoms with Gasteiger partial charge in [0.2, 0.25) is 0 Å². The van der Waals surface area contributed by atoms with Crippen molar-refractivity contribution in [1.82, 2.24) is 0 Å². The van der Waals surface area contributed by atoms with Crippen molar-refractivity contribution < 1.29 is 9.53 Å². The van der Waals surface area contributed by atoms with E-state index in [1.165, 1.54) is 4.88 Å². The van der Waals surface area contributed by atoms with E-state index in [9.17, 15) is 4.79 Å². The molecule has 1 aromatic rings. The lowest BCUT2D eigenvalue weighted by molar-refractivity contribution is -0.127. The molecule has 1 fully saturated rings. The van der Waals surface area contributed by atoms with Crippen LogP contribution in [0, 0.1) is 0 Å². The average molecular weight is 239 g/mol. The van der Waals surface area contributed by atoms with Crippen LogP contribution in [0.3, 0.4) is 0 Å². The maximum absolute atomic E-state index is 12.0. The summed E-state index contributed by atoms with van der Waals surface area (Å²) in [7, 11) is 0. The number of Topliss-reactive ketones (excluding diaryl/α,β-unsaturated/α-hetero) is 1. The van der Waals surface area contributed by atoms with Crippen molar-refractivity contribution in [3.05, 3.63) is 22.4 Å². The van der Waals surface area contributed by atoms with Gasteiger partial charge in [0.15, 0.2) is 5.78 Å². The largest absolute Gasteiger partial charge is 0.381 e. The van der Waals surface area contributed by atoms with Gasteiger partial charge in [0, 0.05) is 24.5 Å². The van der Waals surface area contributed by atoms with E-state index < -0.39 is 5.54 Å². The van der Waals surface area contributed by atoms with Gasteiger partial charge in [0.1, 0.15) is 0 Å². The first kappa shape index (κ1) is 11.8. The van der Waals surface area contributed by atoms with E-state index in [1.54, 1.807) is 11.3 Å². The summed E-state index contributed by atoms with van der Waals surface area (Å²) in [6, 6.07) is 4.07. The summed E-state index contributed by atoms with van der Waals surface area (Å²) >= 11 is 1.69. The number of ketones is 1. The molecule has 1 aliphatic heterocycles. The Hall–Kier alpha value is -0.710. The molecular weight excluding hydrogens is 222 g/mol. The van der Waals surface area contributed by atoms with Gasteiger partial charge < -0.3 is 10.5 Å². The van der Waals surface area contributed by atoms with Gasteiger partial charge in [-0.3, -0.25) is 4.79 Å². The van der Waals surface area contributed by atoms with Crippen LogP contribution in [0.1, 0.15) is 24.1 Å². The number of thiophene rings is 1. The first-order valence-electron chi connectivity index (χ1n) is 5.63. The molecule has 4 heteroatoms. The second kappa shape index (κ2) is 5.08. The van der Waals surface area contributed by atoms with Crippen molar-refractivity contribution in [3.8, 4) is 0 Å². The van der Waals surface area contributed by atoms with Gasteiger partial charge in [-0.2, -0.15) is 0 Å². The van der Waals surface area contributed by atoms with Crippen LogP contribution >= 0.6 is 11.3 Å². The Balaban J connectivity index is 1.87. The average Bonchev–Trinajstić information content (AvgIpc) is 2.79. The highest BCUT2D eigenvalue weighted by atomic mass is 32.1. The second-order valence-electron chi connectivity index (χ2n) is 4.27. The third-order valence-electron chi connectivity index (χ3n) is 3.12. The van der Waals surface area contributed by atoms with Gasteiger partial charge in [-0.05, 0) is 30.7 Å². The molecule has 88 valence electrons. The van der Waals surface area contributed by atoms with Crippen LogP contribution in [-0.2, 0) is 16.0 Å². The van der Waals surface area contributed by atoms with E-state index in [-0.39, 0.29) is 5.78 Å². The van der Waals surface area contributed by atoms with Gasteiger partial charge in [-0.15, -0.1) is 11.3 Å². The van der Waals surface area contributed by atoms with Crippen LogP contribution in [0.25, 0.3) is 0 Å². The number of ether oxygens (including phenoxy) is 1. The SMILES string of the molecule is NC1(C(=O)CCc2cccs2)CCOCC1. The van der Waals surface area contributed by atoms with Crippen LogP contribution in [0.2, 0.25) is 0 Å². The lowest BCUT2D eigenvalue weighted by Crippen LogP contribution is -2.52. The fourth-order valence-corrected chi connectivity index (χ4v) is 2.66. The Labute approximate surface area is 99.6 Å².